The highest BCUT2D eigenvalue weighted by atomic mass is 16.6. The van der Waals surface area contributed by atoms with Crippen molar-refractivity contribution < 1.29 is 23.8 Å². The molecule has 0 bridgehead atoms. The summed E-state index contributed by atoms with van der Waals surface area (Å²) in [6, 6.07) is 14.4. The number of carbonyl (C=O) groups is 2. The Morgan fingerprint density at radius 3 is 2.14 bits per heavy atom. The SMILES string of the molecule is COC(=O)c1ccc(COc2ccc(C(C)NC(=O)OC(C)(C)C)cc2)cc1. The van der Waals surface area contributed by atoms with Gasteiger partial charge in [-0.05, 0) is 63.1 Å². The molecule has 2 aromatic rings. The molecular weight excluding hydrogens is 358 g/mol. The van der Waals surface area contributed by atoms with Crippen LogP contribution in [0.25, 0.3) is 0 Å². The molecule has 1 unspecified atom stereocenters. The zero-order chi connectivity index (χ0) is 20.7. The number of benzene rings is 2. The number of hydrogen-bond donors (Lipinski definition) is 1. The highest BCUT2D eigenvalue weighted by Gasteiger charge is 2.18. The maximum atomic E-state index is 11.9. The van der Waals surface area contributed by atoms with Gasteiger partial charge in [-0.1, -0.05) is 24.3 Å². The summed E-state index contributed by atoms with van der Waals surface area (Å²) in [5, 5.41) is 2.81. The fourth-order valence-electron chi connectivity index (χ4n) is 2.44. The molecule has 28 heavy (non-hydrogen) atoms. The van der Waals surface area contributed by atoms with Crippen molar-refractivity contribution in [1.82, 2.24) is 5.32 Å². The normalized spacial score (nSPS) is 12.0. The minimum absolute atomic E-state index is 0.185. The standard InChI is InChI=1S/C22H27NO5/c1-15(23-21(25)28-22(2,3)4)17-10-12-19(13-11-17)27-14-16-6-8-18(9-7-16)20(24)26-5/h6-13,15H,14H2,1-5H3,(H,23,25). The van der Waals surface area contributed by atoms with Crippen LogP contribution < -0.4 is 10.1 Å². The summed E-state index contributed by atoms with van der Waals surface area (Å²) in [5.74, 6) is 0.349. The minimum atomic E-state index is -0.531. The first-order valence-corrected chi connectivity index (χ1v) is 9.07. The Bertz CT molecular complexity index is 791. The lowest BCUT2D eigenvalue weighted by atomic mass is 10.1. The molecular formula is C22H27NO5. The van der Waals surface area contributed by atoms with Crippen molar-refractivity contribution in [1.29, 1.82) is 0 Å². The number of rotatable bonds is 6. The molecule has 0 saturated heterocycles. The van der Waals surface area contributed by atoms with E-state index in [9.17, 15) is 9.59 Å². The van der Waals surface area contributed by atoms with Crippen molar-refractivity contribution >= 4 is 12.1 Å². The number of hydrogen-bond acceptors (Lipinski definition) is 5. The van der Waals surface area contributed by atoms with Crippen LogP contribution in [0, 0.1) is 0 Å². The third-order valence-electron chi connectivity index (χ3n) is 3.89. The molecule has 0 heterocycles. The second-order valence-electron chi connectivity index (χ2n) is 7.41. The van der Waals surface area contributed by atoms with Crippen LogP contribution in [0.2, 0.25) is 0 Å². The van der Waals surface area contributed by atoms with Gasteiger partial charge in [0.1, 0.15) is 18.0 Å². The van der Waals surface area contributed by atoms with Crippen LogP contribution in [0.1, 0.15) is 55.2 Å². The van der Waals surface area contributed by atoms with E-state index in [1.165, 1.54) is 7.11 Å². The molecule has 0 aliphatic heterocycles. The maximum Gasteiger partial charge on any atom is 0.408 e. The quantitative estimate of drug-likeness (QED) is 0.734. The average Bonchev–Trinajstić information content (AvgIpc) is 2.65. The first-order valence-electron chi connectivity index (χ1n) is 9.07. The van der Waals surface area contributed by atoms with E-state index < -0.39 is 11.7 Å². The van der Waals surface area contributed by atoms with E-state index in [0.717, 1.165) is 11.1 Å². The zero-order valence-corrected chi connectivity index (χ0v) is 16.9. The number of alkyl carbamates (subject to hydrolysis) is 1. The second-order valence-corrected chi connectivity index (χ2v) is 7.41. The topological polar surface area (TPSA) is 73.9 Å². The van der Waals surface area contributed by atoms with Gasteiger partial charge in [0.15, 0.2) is 0 Å². The number of ether oxygens (including phenoxy) is 3. The van der Waals surface area contributed by atoms with Crippen molar-refractivity contribution in [3.05, 3.63) is 65.2 Å². The molecule has 0 aromatic heterocycles. The maximum absolute atomic E-state index is 11.9. The Kier molecular flexibility index (Phi) is 7.04. The Balaban J connectivity index is 1.88. The monoisotopic (exact) mass is 385 g/mol. The number of methoxy groups -OCH3 is 1. The lowest BCUT2D eigenvalue weighted by Crippen LogP contribution is -2.34. The highest BCUT2D eigenvalue weighted by Crippen LogP contribution is 2.19. The van der Waals surface area contributed by atoms with E-state index in [1.54, 1.807) is 12.1 Å². The molecule has 6 heteroatoms. The molecule has 2 rings (SSSR count). The van der Waals surface area contributed by atoms with E-state index in [4.69, 9.17) is 9.47 Å². The Hall–Kier alpha value is -3.02. The summed E-state index contributed by atoms with van der Waals surface area (Å²) in [7, 11) is 1.35. The number of carbonyl (C=O) groups excluding carboxylic acids is 2. The van der Waals surface area contributed by atoms with Crippen LogP contribution in [0.3, 0.4) is 0 Å². The predicted molar refractivity (Wildman–Crippen MR) is 106 cm³/mol. The average molecular weight is 385 g/mol. The van der Waals surface area contributed by atoms with Gasteiger partial charge in [0.2, 0.25) is 0 Å². The summed E-state index contributed by atoms with van der Waals surface area (Å²) in [5.41, 5.74) is 1.86. The summed E-state index contributed by atoms with van der Waals surface area (Å²) in [4.78, 5) is 23.3. The predicted octanol–water partition coefficient (Wildman–Crippen LogP) is 4.64. The van der Waals surface area contributed by atoms with Crippen molar-refractivity contribution in [3.63, 3.8) is 0 Å². The van der Waals surface area contributed by atoms with Gasteiger partial charge in [0.05, 0.1) is 18.7 Å². The van der Waals surface area contributed by atoms with Crippen LogP contribution in [-0.4, -0.2) is 24.8 Å². The van der Waals surface area contributed by atoms with Crippen LogP contribution >= 0.6 is 0 Å². The van der Waals surface area contributed by atoms with Gasteiger partial charge in [-0.3, -0.25) is 0 Å². The van der Waals surface area contributed by atoms with E-state index >= 15 is 0 Å². The smallest absolute Gasteiger partial charge is 0.408 e. The van der Waals surface area contributed by atoms with E-state index in [2.05, 4.69) is 10.1 Å². The fourth-order valence-corrected chi connectivity index (χ4v) is 2.44. The van der Waals surface area contributed by atoms with Crippen molar-refractivity contribution in [2.24, 2.45) is 0 Å². The van der Waals surface area contributed by atoms with Gasteiger partial charge in [0.25, 0.3) is 0 Å². The summed E-state index contributed by atoms with van der Waals surface area (Å²) in [6.07, 6.45) is -0.448. The molecule has 1 atom stereocenters. The molecule has 0 radical (unpaired) electrons. The summed E-state index contributed by atoms with van der Waals surface area (Å²) >= 11 is 0. The molecule has 0 saturated carbocycles. The fraction of sp³-hybridized carbons (Fsp3) is 0.364. The number of nitrogens with one attached hydrogen (secondary N) is 1. The Morgan fingerprint density at radius 2 is 1.61 bits per heavy atom. The first-order chi connectivity index (χ1) is 13.2. The van der Waals surface area contributed by atoms with Crippen LogP contribution in [-0.2, 0) is 16.1 Å². The molecule has 0 fully saturated rings. The minimum Gasteiger partial charge on any atom is -0.489 e. The summed E-state index contributed by atoms with van der Waals surface area (Å²) in [6.45, 7) is 7.75. The number of esters is 1. The van der Waals surface area contributed by atoms with Gasteiger partial charge in [0, 0.05) is 0 Å². The molecule has 1 amide bonds. The van der Waals surface area contributed by atoms with Crippen molar-refractivity contribution in [3.8, 4) is 5.75 Å². The third kappa shape index (κ3) is 6.61. The van der Waals surface area contributed by atoms with Gasteiger partial charge < -0.3 is 19.5 Å². The molecule has 0 aliphatic carbocycles. The van der Waals surface area contributed by atoms with Gasteiger partial charge in [-0.15, -0.1) is 0 Å². The summed E-state index contributed by atoms with van der Waals surface area (Å²) < 4.78 is 15.7. The molecule has 6 nitrogen and oxygen atoms in total. The van der Waals surface area contributed by atoms with E-state index in [1.807, 2.05) is 64.1 Å². The van der Waals surface area contributed by atoms with Crippen LogP contribution in [0.15, 0.2) is 48.5 Å². The molecule has 1 N–H and O–H groups in total. The largest absolute Gasteiger partial charge is 0.489 e. The Labute approximate surface area is 165 Å². The zero-order valence-electron chi connectivity index (χ0n) is 16.9. The number of amides is 1. The van der Waals surface area contributed by atoms with Gasteiger partial charge in [-0.2, -0.15) is 0 Å². The van der Waals surface area contributed by atoms with Crippen LogP contribution in [0.5, 0.6) is 5.75 Å². The van der Waals surface area contributed by atoms with Crippen molar-refractivity contribution in [2.45, 2.75) is 45.9 Å². The molecule has 2 aromatic carbocycles. The second kappa shape index (κ2) is 9.26. The molecule has 0 spiro atoms. The lowest BCUT2D eigenvalue weighted by Gasteiger charge is -2.22. The third-order valence-corrected chi connectivity index (χ3v) is 3.89. The molecule has 150 valence electrons. The van der Waals surface area contributed by atoms with Gasteiger partial charge in [-0.25, -0.2) is 9.59 Å². The Morgan fingerprint density at radius 1 is 1.00 bits per heavy atom. The van der Waals surface area contributed by atoms with Crippen LogP contribution in [0.4, 0.5) is 4.79 Å². The lowest BCUT2D eigenvalue weighted by molar-refractivity contribution is 0.0507. The van der Waals surface area contributed by atoms with Gasteiger partial charge >= 0.3 is 12.1 Å². The highest BCUT2D eigenvalue weighted by molar-refractivity contribution is 5.89. The van der Waals surface area contributed by atoms with Crippen molar-refractivity contribution in [2.75, 3.05) is 7.11 Å². The molecule has 0 aliphatic rings. The van der Waals surface area contributed by atoms with E-state index in [0.29, 0.717) is 17.9 Å². The van der Waals surface area contributed by atoms with E-state index in [-0.39, 0.29) is 12.0 Å². The first kappa shape index (κ1) is 21.3.